The largest absolute Gasteiger partial charge is 0.346 e. The Hall–Kier alpha value is -1.31. The van der Waals surface area contributed by atoms with E-state index in [2.05, 4.69) is 29.5 Å². The fraction of sp³-hybridized carbons (Fsp3) is 0.364. The Morgan fingerprint density at radius 3 is 2.62 bits per heavy atom. The summed E-state index contributed by atoms with van der Waals surface area (Å²) in [5, 5.41) is 0. The maximum Gasteiger partial charge on any atom is 0.103 e. The van der Waals surface area contributed by atoms with Crippen LogP contribution < -0.4 is 0 Å². The summed E-state index contributed by atoms with van der Waals surface area (Å²) in [6.45, 7) is 9.86. The van der Waals surface area contributed by atoms with Crippen molar-refractivity contribution in [2.45, 2.75) is 27.2 Å². The average molecular weight is 176 g/mol. The Kier molecular flexibility index (Phi) is 3.07. The highest BCUT2D eigenvalue weighted by molar-refractivity contribution is 5.54. The second-order valence-electron chi connectivity index (χ2n) is 3.11. The quantitative estimate of drug-likeness (QED) is 0.705. The molecule has 0 spiro atoms. The number of hydrogen-bond acceptors (Lipinski definition) is 1. The second kappa shape index (κ2) is 4.08. The van der Waals surface area contributed by atoms with Crippen LogP contribution in [-0.4, -0.2) is 9.97 Å². The van der Waals surface area contributed by atoms with Crippen molar-refractivity contribution in [1.82, 2.24) is 9.97 Å². The summed E-state index contributed by atoms with van der Waals surface area (Å²) in [4.78, 5) is 7.54. The first-order valence-corrected chi connectivity index (χ1v) is 4.53. The third-order valence-corrected chi connectivity index (χ3v) is 2.03. The van der Waals surface area contributed by atoms with Gasteiger partial charge >= 0.3 is 0 Å². The van der Waals surface area contributed by atoms with Crippen LogP contribution in [-0.2, 0) is 0 Å². The van der Waals surface area contributed by atoms with Gasteiger partial charge < -0.3 is 4.98 Å². The highest BCUT2D eigenvalue weighted by Gasteiger charge is 2.00. The van der Waals surface area contributed by atoms with E-state index < -0.39 is 0 Å². The molecule has 2 heteroatoms. The lowest BCUT2D eigenvalue weighted by Crippen LogP contribution is -1.80. The van der Waals surface area contributed by atoms with Gasteiger partial charge in [-0.25, -0.2) is 4.98 Å². The number of rotatable bonds is 3. The van der Waals surface area contributed by atoms with Gasteiger partial charge in [0.2, 0.25) is 0 Å². The first-order chi connectivity index (χ1) is 6.17. The molecule has 0 aromatic carbocycles. The van der Waals surface area contributed by atoms with Gasteiger partial charge in [0.15, 0.2) is 0 Å². The van der Waals surface area contributed by atoms with E-state index >= 15 is 0 Å². The lowest BCUT2D eigenvalue weighted by Gasteiger charge is -1.94. The minimum absolute atomic E-state index is 0.961. The SMILES string of the molecule is C=C/C(=C\c1nc(C)[nH]c1C)CC. The van der Waals surface area contributed by atoms with E-state index in [1.165, 1.54) is 5.57 Å². The average Bonchev–Trinajstić information content (AvgIpc) is 2.41. The van der Waals surface area contributed by atoms with Crippen molar-refractivity contribution in [1.29, 1.82) is 0 Å². The van der Waals surface area contributed by atoms with Crippen molar-refractivity contribution >= 4 is 6.08 Å². The van der Waals surface area contributed by atoms with E-state index in [0.717, 1.165) is 23.6 Å². The zero-order valence-corrected chi connectivity index (χ0v) is 8.52. The highest BCUT2D eigenvalue weighted by Crippen LogP contribution is 2.12. The molecule has 0 saturated heterocycles. The van der Waals surface area contributed by atoms with E-state index in [-0.39, 0.29) is 0 Å². The maximum atomic E-state index is 4.37. The van der Waals surface area contributed by atoms with Gasteiger partial charge in [-0.3, -0.25) is 0 Å². The molecular weight excluding hydrogens is 160 g/mol. The molecule has 70 valence electrons. The molecule has 1 heterocycles. The number of aromatic amines is 1. The number of hydrogen-bond donors (Lipinski definition) is 1. The van der Waals surface area contributed by atoms with Crippen molar-refractivity contribution in [3.8, 4) is 0 Å². The molecule has 0 saturated carbocycles. The van der Waals surface area contributed by atoms with Crippen LogP contribution in [0.2, 0.25) is 0 Å². The predicted octanol–water partition coefficient (Wildman–Crippen LogP) is 3.01. The number of aryl methyl sites for hydroxylation is 2. The normalized spacial score (nSPS) is 11.8. The summed E-state index contributed by atoms with van der Waals surface area (Å²) in [6, 6.07) is 0. The van der Waals surface area contributed by atoms with Crippen LogP contribution in [0.15, 0.2) is 18.2 Å². The molecule has 2 nitrogen and oxygen atoms in total. The minimum atomic E-state index is 0.961. The van der Waals surface area contributed by atoms with E-state index in [9.17, 15) is 0 Å². The summed E-state index contributed by atoms with van der Waals surface area (Å²) in [5.74, 6) is 0.961. The van der Waals surface area contributed by atoms with Gasteiger partial charge in [0.05, 0.1) is 5.69 Å². The molecule has 0 aliphatic rings. The van der Waals surface area contributed by atoms with Gasteiger partial charge in [-0.05, 0) is 31.9 Å². The van der Waals surface area contributed by atoms with Gasteiger partial charge in [-0.1, -0.05) is 19.6 Å². The smallest absolute Gasteiger partial charge is 0.103 e. The van der Waals surface area contributed by atoms with Crippen LogP contribution in [0.4, 0.5) is 0 Å². The lowest BCUT2D eigenvalue weighted by atomic mass is 10.1. The molecular formula is C11H16N2. The van der Waals surface area contributed by atoms with Crippen LogP contribution in [0.5, 0.6) is 0 Å². The Bertz CT molecular complexity index is 332. The van der Waals surface area contributed by atoms with Crippen LogP contribution in [0.25, 0.3) is 6.08 Å². The molecule has 0 bridgehead atoms. The highest BCUT2D eigenvalue weighted by atomic mass is 14.9. The number of H-pyrrole nitrogens is 1. The third-order valence-electron chi connectivity index (χ3n) is 2.03. The molecule has 1 rings (SSSR count). The predicted molar refractivity (Wildman–Crippen MR) is 56.5 cm³/mol. The van der Waals surface area contributed by atoms with Gasteiger partial charge in [0.25, 0.3) is 0 Å². The van der Waals surface area contributed by atoms with Crippen molar-refractivity contribution in [2.75, 3.05) is 0 Å². The molecule has 0 unspecified atom stereocenters. The van der Waals surface area contributed by atoms with Crippen molar-refractivity contribution < 1.29 is 0 Å². The van der Waals surface area contributed by atoms with Crippen LogP contribution in [0.3, 0.4) is 0 Å². The lowest BCUT2D eigenvalue weighted by molar-refractivity contribution is 1.13. The number of nitrogens with zero attached hydrogens (tertiary/aromatic N) is 1. The first kappa shape index (κ1) is 9.78. The second-order valence-corrected chi connectivity index (χ2v) is 3.11. The van der Waals surface area contributed by atoms with E-state index in [1.807, 2.05) is 19.9 Å². The number of aromatic nitrogens is 2. The van der Waals surface area contributed by atoms with Gasteiger partial charge in [-0.2, -0.15) is 0 Å². The molecule has 0 aliphatic carbocycles. The van der Waals surface area contributed by atoms with Crippen molar-refractivity contribution in [3.63, 3.8) is 0 Å². The zero-order valence-electron chi connectivity index (χ0n) is 8.52. The third kappa shape index (κ3) is 2.31. The fourth-order valence-electron chi connectivity index (χ4n) is 1.25. The Morgan fingerprint density at radius 2 is 2.23 bits per heavy atom. The van der Waals surface area contributed by atoms with Crippen molar-refractivity contribution in [2.24, 2.45) is 0 Å². The Labute approximate surface area is 79.4 Å². The minimum Gasteiger partial charge on any atom is -0.346 e. The molecule has 1 N–H and O–H groups in total. The molecule has 0 aliphatic heterocycles. The number of nitrogens with one attached hydrogen (secondary N) is 1. The molecule has 0 fully saturated rings. The van der Waals surface area contributed by atoms with Crippen LogP contribution in [0.1, 0.15) is 30.6 Å². The maximum absolute atomic E-state index is 4.37. The van der Waals surface area contributed by atoms with Gasteiger partial charge in [-0.15, -0.1) is 0 Å². The number of allylic oxidation sites excluding steroid dienone is 2. The zero-order chi connectivity index (χ0) is 9.84. The standard InChI is InChI=1S/C11H16N2/c1-5-10(6-2)7-11-8(3)12-9(4)13-11/h5,7H,1,6H2,2-4H3,(H,12,13)/b10-7+. The summed E-state index contributed by atoms with van der Waals surface area (Å²) < 4.78 is 0. The van der Waals surface area contributed by atoms with Crippen LogP contribution in [0, 0.1) is 13.8 Å². The first-order valence-electron chi connectivity index (χ1n) is 4.53. The summed E-state index contributed by atoms with van der Waals surface area (Å²) in [7, 11) is 0. The molecule has 0 atom stereocenters. The fourth-order valence-corrected chi connectivity index (χ4v) is 1.25. The summed E-state index contributed by atoms with van der Waals surface area (Å²) in [6.07, 6.45) is 4.95. The van der Waals surface area contributed by atoms with Gasteiger partial charge in [0.1, 0.15) is 5.82 Å². The van der Waals surface area contributed by atoms with Gasteiger partial charge in [0, 0.05) is 5.69 Å². The molecule has 1 aromatic heterocycles. The van der Waals surface area contributed by atoms with E-state index in [4.69, 9.17) is 0 Å². The van der Waals surface area contributed by atoms with E-state index in [0.29, 0.717) is 0 Å². The van der Waals surface area contributed by atoms with Crippen LogP contribution >= 0.6 is 0 Å². The topological polar surface area (TPSA) is 28.7 Å². The summed E-state index contributed by atoms with van der Waals surface area (Å²) in [5.41, 5.74) is 3.36. The molecule has 0 radical (unpaired) electrons. The Morgan fingerprint density at radius 1 is 1.54 bits per heavy atom. The molecule has 0 amide bonds. The Balaban J connectivity index is 3.01. The van der Waals surface area contributed by atoms with Crippen molar-refractivity contribution in [3.05, 3.63) is 35.4 Å². The molecule has 13 heavy (non-hydrogen) atoms. The summed E-state index contributed by atoms with van der Waals surface area (Å²) >= 11 is 0. The number of imidazole rings is 1. The monoisotopic (exact) mass is 176 g/mol. The van der Waals surface area contributed by atoms with E-state index in [1.54, 1.807) is 0 Å². The molecule has 1 aromatic rings.